The summed E-state index contributed by atoms with van der Waals surface area (Å²) >= 11 is 0. The first-order valence-corrected chi connectivity index (χ1v) is 9.72. The smallest absolute Gasteiger partial charge is 0.261 e. The Labute approximate surface area is 168 Å². The van der Waals surface area contributed by atoms with Crippen LogP contribution in [0.2, 0.25) is 0 Å². The zero-order valence-corrected chi connectivity index (χ0v) is 17.4. The summed E-state index contributed by atoms with van der Waals surface area (Å²) in [6, 6.07) is 15.1. The van der Waals surface area contributed by atoms with Crippen LogP contribution in [0.1, 0.15) is 45.2 Å². The number of hydrogen-bond donors (Lipinski definition) is 1. The monoisotopic (exact) mass is 385 g/mol. The summed E-state index contributed by atoms with van der Waals surface area (Å²) in [4.78, 5) is 13.0. The minimum atomic E-state index is -0.593. The molecule has 2 aromatic carbocycles. The van der Waals surface area contributed by atoms with Crippen molar-refractivity contribution in [1.29, 1.82) is 0 Å². The predicted molar refractivity (Wildman–Crippen MR) is 111 cm³/mol. The van der Waals surface area contributed by atoms with Gasteiger partial charge in [0.25, 0.3) is 5.91 Å². The van der Waals surface area contributed by atoms with Gasteiger partial charge in [0.05, 0.1) is 20.3 Å². The summed E-state index contributed by atoms with van der Waals surface area (Å²) in [5.41, 5.74) is 1.05. The number of carbonyl (C=O) groups is 1. The molecule has 5 nitrogen and oxygen atoms in total. The lowest BCUT2D eigenvalue weighted by Gasteiger charge is -2.25. The highest BCUT2D eigenvalue weighted by Crippen LogP contribution is 2.28. The highest BCUT2D eigenvalue weighted by atomic mass is 16.5. The largest absolute Gasteiger partial charge is 0.497 e. The number of para-hydroxylation sites is 2. The summed E-state index contributed by atoms with van der Waals surface area (Å²) in [6.45, 7) is 6.22. The Morgan fingerprint density at radius 3 is 2.14 bits per heavy atom. The molecular formula is C23H31NO4. The Bertz CT molecular complexity index is 743. The molecule has 0 spiro atoms. The summed E-state index contributed by atoms with van der Waals surface area (Å²) < 4.78 is 16.5. The van der Waals surface area contributed by atoms with E-state index in [2.05, 4.69) is 19.2 Å². The molecule has 152 valence electrons. The van der Waals surface area contributed by atoms with Crippen molar-refractivity contribution in [1.82, 2.24) is 5.32 Å². The maximum absolute atomic E-state index is 13.0. The van der Waals surface area contributed by atoms with E-state index in [0.29, 0.717) is 23.8 Å². The molecule has 0 aliphatic carbocycles. The normalized spacial score (nSPS) is 12.9. The van der Waals surface area contributed by atoms with Crippen LogP contribution in [0.15, 0.2) is 48.5 Å². The van der Waals surface area contributed by atoms with Crippen LogP contribution in [-0.4, -0.2) is 26.2 Å². The Balaban J connectivity index is 2.15. The molecule has 0 unspecified atom stereocenters. The lowest BCUT2D eigenvalue weighted by atomic mass is 9.96. The van der Waals surface area contributed by atoms with E-state index in [1.807, 2.05) is 55.5 Å². The second-order valence-corrected chi connectivity index (χ2v) is 7.13. The fourth-order valence-corrected chi connectivity index (χ4v) is 3.04. The minimum absolute atomic E-state index is 0.0891. The molecule has 28 heavy (non-hydrogen) atoms. The van der Waals surface area contributed by atoms with Gasteiger partial charge in [-0.25, -0.2) is 0 Å². The highest BCUT2D eigenvalue weighted by molar-refractivity contribution is 5.81. The standard InChI is InChI=1S/C23H31NO4/c1-6-20(28-22-10-8-7-9-21(22)27-5)23(25)24-19(15-16(2)3)17-11-13-18(26-4)14-12-17/h7-14,16,19-20H,6,15H2,1-5H3,(H,24,25)/t19-,20-/m1/s1. The van der Waals surface area contributed by atoms with Crippen molar-refractivity contribution in [3.8, 4) is 17.2 Å². The van der Waals surface area contributed by atoms with Gasteiger partial charge in [0.1, 0.15) is 5.75 Å². The molecule has 2 aromatic rings. The Morgan fingerprint density at radius 1 is 0.964 bits per heavy atom. The quantitative estimate of drug-likeness (QED) is 0.640. The lowest BCUT2D eigenvalue weighted by Crippen LogP contribution is -2.40. The van der Waals surface area contributed by atoms with Crippen LogP contribution in [0.5, 0.6) is 17.2 Å². The number of ether oxygens (including phenoxy) is 3. The van der Waals surface area contributed by atoms with E-state index < -0.39 is 6.10 Å². The van der Waals surface area contributed by atoms with Gasteiger partial charge in [-0.3, -0.25) is 4.79 Å². The predicted octanol–water partition coefficient (Wildman–Crippen LogP) is 4.76. The van der Waals surface area contributed by atoms with Gasteiger partial charge in [-0.2, -0.15) is 0 Å². The van der Waals surface area contributed by atoms with Crippen LogP contribution < -0.4 is 19.5 Å². The van der Waals surface area contributed by atoms with E-state index in [9.17, 15) is 4.79 Å². The molecule has 0 heterocycles. The SMILES string of the molecule is CC[C@@H](Oc1ccccc1OC)C(=O)N[C@H](CC(C)C)c1ccc(OC)cc1. The molecule has 1 amide bonds. The first kappa shape index (κ1) is 21.6. The maximum atomic E-state index is 13.0. The molecule has 0 aliphatic rings. The number of methoxy groups -OCH3 is 2. The molecule has 0 bridgehead atoms. The van der Waals surface area contributed by atoms with Crippen LogP contribution in [0.25, 0.3) is 0 Å². The van der Waals surface area contributed by atoms with Crippen molar-refractivity contribution < 1.29 is 19.0 Å². The van der Waals surface area contributed by atoms with Gasteiger partial charge >= 0.3 is 0 Å². The van der Waals surface area contributed by atoms with Crippen molar-refractivity contribution in [2.24, 2.45) is 5.92 Å². The molecular weight excluding hydrogens is 354 g/mol. The molecule has 2 rings (SSSR count). The van der Waals surface area contributed by atoms with E-state index in [-0.39, 0.29) is 11.9 Å². The Kier molecular flexibility index (Phi) is 8.18. The molecule has 0 fully saturated rings. The topological polar surface area (TPSA) is 56.8 Å². The van der Waals surface area contributed by atoms with Gasteiger partial charge in [0.2, 0.25) is 0 Å². The van der Waals surface area contributed by atoms with Crippen molar-refractivity contribution >= 4 is 5.91 Å². The van der Waals surface area contributed by atoms with E-state index in [1.165, 1.54) is 0 Å². The number of hydrogen-bond acceptors (Lipinski definition) is 4. The summed E-state index contributed by atoms with van der Waals surface area (Å²) in [7, 11) is 3.23. The van der Waals surface area contributed by atoms with Gasteiger partial charge in [-0.15, -0.1) is 0 Å². The van der Waals surface area contributed by atoms with Crippen molar-refractivity contribution in [3.63, 3.8) is 0 Å². The summed E-state index contributed by atoms with van der Waals surface area (Å²) in [6.07, 6.45) is 0.800. The summed E-state index contributed by atoms with van der Waals surface area (Å²) in [5, 5.41) is 3.17. The fraction of sp³-hybridized carbons (Fsp3) is 0.435. The zero-order chi connectivity index (χ0) is 20.5. The molecule has 0 aromatic heterocycles. The number of benzene rings is 2. The molecule has 0 radical (unpaired) electrons. The number of rotatable bonds is 10. The average molecular weight is 386 g/mol. The minimum Gasteiger partial charge on any atom is -0.497 e. The molecule has 2 atom stereocenters. The van der Waals surface area contributed by atoms with Crippen molar-refractivity contribution in [2.45, 2.75) is 45.8 Å². The van der Waals surface area contributed by atoms with E-state index in [1.54, 1.807) is 14.2 Å². The van der Waals surface area contributed by atoms with Crippen molar-refractivity contribution in [2.75, 3.05) is 14.2 Å². The van der Waals surface area contributed by atoms with Gasteiger partial charge in [0, 0.05) is 0 Å². The van der Waals surface area contributed by atoms with Gasteiger partial charge in [-0.1, -0.05) is 45.0 Å². The van der Waals surface area contributed by atoms with E-state index in [0.717, 1.165) is 17.7 Å². The van der Waals surface area contributed by atoms with Gasteiger partial charge in [-0.05, 0) is 48.6 Å². The number of carbonyl (C=O) groups excluding carboxylic acids is 1. The third-order valence-corrected chi connectivity index (χ3v) is 4.54. The molecule has 0 aliphatic heterocycles. The average Bonchev–Trinajstić information content (AvgIpc) is 2.71. The van der Waals surface area contributed by atoms with E-state index in [4.69, 9.17) is 14.2 Å². The third-order valence-electron chi connectivity index (χ3n) is 4.54. The maximum Gasteiger partial charge on any atom is 0.261 e. The van der Waals surface area contributed by atoms with Gasteiger partial charge in [0.15, 0.2) is 17.6 Å². The second-order valence-electron chi connectivity index (χ2n) is 7.13. The molecule has 1 N–H and O–H groups in total. The van der Waals surface area contributed by atoms with Crippen molar-refractivity contribution in [3.05, 3.63) is 54.1 Å². The Morgan fingerprint density at radius 2 is 1.61 bits per heavy atom. The lowest BCUT2D eigenvalue weighted by molar-refractivity contribution is -0.129. The number of amides is 1. The van der Waals surface area contributed by atoms with Gasteiger partial charge < -0.3 is 19.5 Å². The van der Waals surface area contributed by atoms with E-state index >= 15 is 0 Å². The zero-order valence-electron chi connectivity index (χ0n) is 17.4. The molecule has 0 saturated heterocycles. The van der Waals surface area contributed by atoms with Crippen LogP contribution in [0.4, 0.5) is 0 Å². The van der Waals surface area contributed by atoms with Crippen LogP contribution in [0, 0.1) is 5.92 Å². The fourth-order valence-electron chi connectivity index (χ4n) is 3.04. The number of nitrogens with one attached hydrogen (secondary N) is 1. The first-order chi connectivity index (χ1) is 13.5. The van der Waals surface area contributed by atoms with Crippen LogP contribution in [0.3, 0.4) is 0 Å². The van der Waals surface area contributed by atoms with Crippen LogP contribution in [-0.2, 0) is 4.79 Å². The highest BCUT2D eigenvalue weighted by Gasteiger charge is 2.24. The van der Waals surface area contributed by atoms with Crippen LogP contribution >= 0.6 is 0 Å². The Hall–Kier alpha value is -2.69. The summed E-state index contributed by atoms with van der Waals surface area (Å²) in [5.74, 6) is 2.28. The third kappa shape index (κ3) is 5.91. The molecule has 5 heteroatoms. The second kappa shape index (κ2) is 10.6. The molecule has 0 saturated carbocycles. The first-order valence-electron chi connectivity index (χ1n) is 9.72.